The van der Waals surface area contributed by atoms with Gasteiger partial charge in [0.25, 0.3) is 0 Å². The Hall–Kier alpha value is -0.330. The van der Waals surface area contributed by atoms with Crippen LogP contribution < -0.4 is 5.48 Å². The van der Waals surface area contributed by atoms with Crippen LogP contribution in [-0.4, -0.2) is 43.9 Å². The molecule has 0 spiro atoms. The molecule has 0 aliphatic carbocycles. The van der Waals surface area contributed by atoms with Crippen molar-refractivity contribution in [1.29, 1.82) is 0 Å². The highest BCUT2D eigenvalue weighted by Gasteiger charge is 2.29. The Kier molecular flexibility index (Phi) is 3.52. The molecule has 0 saturated carbocycles. The third-order valence-electron chi connectivity index (χ3n) is 1.88. The van der Waals surface area contributed by atoms with Gasteiger partial charge in [-0.2, -0.15) is 18.7 Å². The Bertz CT molecular complexity index is 162. The van der Waals surface area contributed by atoms with Crippen LogP contribution in [0.1, 0.15) is 6.42 Å². The smallest absolute Gasteiger partial charge is 0.305 e. The molecule has 1 aliphatic heterocycles. The molecule has 1 fully saturated rings. The lowest BCUT2D eigenvalue weighted by molar-refractivity contribution is -0.192. The van der Waals surface area contributed by atoms with Crippen LogP contribution in [0.4, 0.5) is 13.2 Å². The van der Waals surface area contributed by atoms with E-state index in [2.05, 4.69) is 10.3 Å². The van der Waals surface area contributed by atoms with Gasteiger partial charge in [0.2, 0.25) is 0 Å². The van der Waals surface area contributed by atoms with Crippen molar-refractivity contribution in [3.63, 3.8) is 0 Å². The van der Waals surface area contributed by atoms with E-state index in [1.807, 2.05) is 11.9 Å². The zero-order valence-corrected chi connectivity index (χ0v) is 7.40. The summed E-state index contributed by atoms with van der Waals surface area (Å²) < 4.78 is 34.9. The van der Waals surface area contributed by atoms with E-state index in [1.54, 1.807) is 0 Å². The lowest BCUT2D eigenvalue weighted by Crippen LogP contribution is -2.34. The van der Waals surface area contributed by atoms with Crippen molar-refractivity contribution in [2.24, 2.45) is 0 Å². The molecule has 0 aromatic rings. The summed E-state index contributed by atoms with van der Waals surface area (Å²) >= 11 is 0. The van der Waals surface area contributed by atoms with Gasteiger partial charge in [0, 0.05) is 12.6 Å². The van der Waals surface area contributed by atoms with Crippen LogP contribution in [0.15, 0.2) is 0 Å². The minimum absolute atomic E-state index is 0.0207. The lowest BCUT2D eigenvalue weighted by atomic mass is 10.3. The molecule has 0 amide bonds. The summed E-state index contributed by atoms with van der Waals surface area (Å²) in [5, 5.41) is 0. The molecule has 1 aliphatic rings. The van der Waals surface area contributed by atoms with Crippen LogP contribution in [0.2, 0.25) is 0 Å². The van der Waals surface area contributed by atoms with E-state index in [-0.39, 0.29) is 6.04 Å². The largest absolute Gasteiger partial charge is 0.413 e. The predicted molar refractivity (Wildman–Crippen MR) is 41.0 cm³/mol. The number of rotatable bonds is 3. The molecule has 0 bridgehead atoms. The van der Waals surface area contributed by atoms with Crippen LogP contribution in [0, 0.1) is 0 Å². The zero-order chi connectivity index (χ0) is 9.90. The van der Waals surface area contributed by atoms with Gasteiger partial charge < -0.3 is 4.90 Å². The van der Waals surface area contributed by atoms with E-state index in [1.165, 1.54) is 0 Å². The fraction of sp³-hybridized carbons (Fsp3) is 1.00. The van der Waals surface area contributed by atoms with Crippen LogP contribution in [0.3, 0.4) is 0 Å². The molecule has 1 rings (SSSR count). The number of likely N-dealkylation sites (tertiary alicyclic amines) is 1. The van der Waals surface area contributed by atoms with Gasteiger partial charge in [-0.25, -0.2) is 0 Å². The first kappa shape index (κ1) is 10.7. The summed E-state index contributed by atoms with van der Waals surface area (Å²) in [7, 11) is 1.92. The van der Waals surface area contributed by atoms with Gasteiger partial charge >= 0.3 is 6.18 Å². The standard InChI is InChI=1S/C7H13F3N2O/c1-12-3-2-6(4-12)11-13-5-7(8,9)10/h6,11H,2-5H2,1H3. The van der Waals surface area contributed by atoms with Gasteiger partial charge in [-0.1, -0.05) is 0 Å². The van der Waals surface area contributed by atoms with Crippen molar-refractivity contribution in [2.45, 2.75) is 18.6 Å². The van der Waals surface area contributed by atoms with Crippen molar-refractivity contribution in [3.05, 3.63) is 0 Å². The van der Waals surface area contributed by atoms with Gasteiger partial charge in [-0.05, 0) is 20.0 Å². The molecule has 0 aromatic carbocycles. The van der Waals surface area contributed by atoms with Gasteiger partial charge in [0.05, 0.1) is 0 Å². The van der Waals surface area contributed by atoms with E-state index in [4.69, 9.17) is 0 Å². The molecule has 6 heteroatoms. The summed E-state index contributed by atoms with van der Waals surface area (Å²) in [6, 6.07) is 0.0207. The summed E-state index contributed by atoms with van der Waals surface area (Å²) in [4.78, 5) is 6.36. The normalized spacial score (nSPS) is 25.4. The Morgan fingerprint density at radius 2 is 2.23 bits per heavy atom. The molecule has 0 aromatic heterocycles. The van der Waals surface area contributed by atoms with Crippen molar-refractivity contribution in [1.82, 2.24) is 10.4 Å². The first-order valence-corrected chi connectivity index (χ1v) is 4.10. The predicted octanol–water partition coefficient (Wildman–Crippen LogP) is 0.774. The molecule has 1 heterocycles. The summed E-state index contributed by atoms with van der Waals surface area (Å²) in [5.74, 6) is 0. The number of nitrogens with zero attached hydrogens (tertiary/aromatic N) is 1. The Balaban J connectivity index is 2.07. The average Bonchev–Trinajstić information content (AvgIpc) is 2.33. The third-order valence-corrected chi connectivity index (χ3v) is 1.88. The van der Waals surface area contributed by atoms with Crippen LogP contribution in [0.5, 0.6) is 0 Å². The summed E-state index contributed by atoms with van der Waals surface area (Å²) in [6.45, 7) is 0.401. The fourth-order valence-electron chi connectivity index (χ4n) is 1.27. The second kappa shape index (κ2) is 4.26. The van der Waals surface area contributed by atoms with Gasteiger partial charge in [-0.15, -0.1) is 0 Å². The Labute approximate surface area is 74.8 Å². The summed E-state index contributed by atoms with van der Waals surface area (Å²) in [6.07, 6.45) is -3.42. The summed E-state index contributed by atoms with van der Waals surface area (Å²) in [5.41, 5.74) is 2.41. The maximum Gasteiger partial charge on any atom is 0.413 e. The van der Waals surface area contributed by atoms with Crippen molar-refractivity contribution >= 4 is 0 Å². The van der Waals surface area contributed by atoms with E-state index >= 15 is 0 Å². The number of hydrogen-bond acceptors (Lipinski definition) is 3. The molecule has 1 atom stereocenters. The van der Waals surface area contributed by atoms with Gasteiger partial charge in [0.15, 0.2) is 6.61 Å². The molecule has 3 nitrogen and oxygen atoms in total. The third kappa shape index (κ3) is 4.44. The number of likely N-dealkylation sites (N-methyl/N-ethyl adjacent to an activating group) is 1. The fourth-order valence-corrected chi connectivity index (χ4v) is 1.27. The van der Waals surface area contributed by atoms with Gasteiger partial charge in [-0.3, -0.25) is 4.84 Å². The lowest BCUT2D eigenvalue weighted by Gasteiger charge is -2.13. The number of hydroxylamine groups is 1. The van der Waals surface area contributed by atoms with Crippen LogP contribution in [-0.2, 0) is 4.84 Å². The number of hydrogen-bond donors (Lipinski definition) is 1. The minimum atomic E-state index is -4.25. The molecule has 1 N–H and O–H groups in total. The van der Waals surface area contributed by atoms with Crippen molar-refractivity contribution in [2.75, 3.05) is 26.7 Å². The highest BCUT2D eigenvalue weighted by atomic mass is 19.4. The van der Waals surface area contributed by atoms with Crippen molar-refractivity contribution in [3.8, 4) is 0 Å². The minimum Gasteiger partial charge on any atom is -0.305 e. The highest BCUT2D eigenvalue weighted by Crippen LogP contribution is 2.14. The maximum absolute atomic E-state index is 11.6. The quantitative estimate of drug-likeness (QED) is 0.678. The highest BCUT2D eigenvalue weighted by molar-refractivity contribution is 4.75. The first-order valence-electron chi connectivity index (χ1n) is 4.10. The molecule has 0 radical (unpaired) electrons. The SMILES string of the molecule is CN1CCC(NOCC(F)(F)F)C1. The Morgan fingerprint density at radius 1 is 1.54 bits per heavy atom. The molecule has 13 heavy (non-hydrogen) atoms. The first-order chi connectivity index (χ1) is 5.97. The van der Waals surface area contributed by atoms with Crippen LogP contribution >= 0.6 is 0 Å². The molecular weight excluding hydrogens is 185 g/mol. The second-order valence-corrected chi connectivity index (χ2v) is 3.27. The van der Waals surface area contributed by atoms with Crippen molar-refractivity contribution < 1.29 is 18.0 Å². The van der Waals surface area contributed by atoms with Gasteiger partial charge in [0.1, 0.15) is 0 Å². The zero-order valence-electron chi connectivity index (χ0n) is 7.40. The molecular formula is C7H13F3N2O. The van der Waals surface area contributed by atoms with E-state index < -0.39 is 12.8 Å². The number of halogens is 3. The number of nitrogens with one attached hydrogen (secondary N) is 1. The second-order valence-electron chi connectivity index (χ2n) is 3.27. The maximum atomic E-state index is 11.6. The van der Waals surface area contributed by atoms with E-state index in [0.717, 1.165) is 19.5 Å². The Morgan fingerprint density at radius 3 is 2.69 bits per heavy atom. The molecule has 1 unspecified atom stereocenters. The molecule has 78 valence electrons. The monoisotopic (exact) mass is 198 g/mol. The number of alkyl halides is 3. The molecule has 1 saturated heterocycles. The average molecular weight is 198 g/mol. The topological polar surface area (TPSA) is 24.5 Å². The van der Waals surface area contributed by atoms with E-state index in [0.29, 0.717) is 0 Å². The van der Waals surface area contributed by atoms with Crippen LogP contribution in [0.25, 0.3) is 0 Å². The van der Waals surface area contributed by atoms with E-state index in [9.17, 15) is 13.2 Å².